The fourth-order valence-corrected chi connectivity index (χ4v) is 7.16. The predicted octanol–water partition coefficient (Wildman–Crippen LogP) is 14.4. The molecule has 0 aliphatic heterocycles. The van der Waals surface area contributed by atoms with Crippen molar-refractivity contribution in [1.82, 2.24) is 14.5 Å². The molecule has 0 bridgehead atoms. The summed E-state index contributed by atoms with van der Waals surface area (Å²) in [4.78, 5) is 9.87. The zero-order valence-electron chi connectivity index (χ0n) is 46.0. The summed E-state index contributed by atoms with van der Waals surface area (Å²) in [6.45, 7) is 7.76. The molecule has 5 heteroatoms. The first-order chi connectivity index (χ1) is 32.4. The Kier molecular flexibility index (Phi) is 8.09. The zero-order chi connectivity index (χ0) is 51.2. The van der Waals surface area contributed by atoms with Gasteiger partial charge in [-0.2, -0.15) is 0 Å². The molecule has 0 radical (unpaired) electrons. The van der Waals surface area contributed by atoms with Crippen molar-refractivity contribution in [1.29, 1.82) is 0 Å². The molecule has 0 spiro atoms. The fraction of sp³-hybridized carbons (Fsp3) is 0.222. The smallest absolute Gasteiger partial charge is 0.148 e. The molecular weight excluding hydrogens is 902 g/mol. The molecule has 300 valence electrons. The van der Waals surface area contributed by atoms with Crippen molar-refractivity contribution >= 4 is 11.0 Å². The number of rotatable bonds is 8. The molecule has 2 heterocycles. The Labute approximate surface area is 381 Å². The van der Waals surface area contributed by atoms with E-state index in [1.165, 1.54) is 6.20 Å². The van der Waals surface area contributed by atoms with E-state index >= 15 is 0 Å². The van der Waals surface area contributed by atoms with E-state index in [0.29, 0.717) is 72.5 Å². The van der Waals surface area contributed by atoms with Crippen LogP contribution in [0.25, 0.3) is 72.7 Å². The van der Waals surface area contributed by atoms with E-state index in [2.05, 4.69) is 31.8 Å². The van der Waals surface area contributed by atoms with E-state index in [4.69, 9.17) is 21.4 Å². The topological polar surface area (TPSA) is 50.9 Å². The SMILES string of the molecule is [2H]c1c([2H])c(C([2H])([2H])[2H])c([2H])c([2H])c1-c1ccnc(-c2[c-]c(-c3cccc4c3nc(-c3ccccc3O)n4-c3ccc(-c4cc(C([2H])(C)C)cc(C([2H])(C)C)c4)cc3C([2H])([2H])[2H])cc(C(C)(C)C)c2)c1.[Pt]. The number of aromatic hydroxyl groups is 1. The zero-order valence-corrected chi connectivity index (χ0v) is 36.3. The minimum atomic E-state index is -2.86. The van der Waals surface area contributed by atoms with Crippen LogP contribution in [0.5, 0.6) is 5.75 Å². The van der Waals surface area contributed by atoms with Gasteiger partial charge in [0.2, 0.25) is 0 Å². The van der Waals surface area contributed by atoms with Gasteiger partial charge in [-0.3, -0.25) is 9.55 Å². The van der Waals surface area contributed by atoms with Gasteiger partial charge < -0.3 is 5.11 Å². The molecule has 2 aromatic heterocycles. The summed E-state index contributed by atoms with van der Waals surface area (Å²) in [5.41, 5.74) is 6.53. The van der Waals surface area contributed by atoms with Gasteiger partial charge in [0.15, 0.2) is 0 Å². The molecular formula is C54H52N3OPt-. The van der Waals surface area contributed by atoms with Gasteiger partial charge in [0.1, 0.15) is 11.6 Å². The summed E-state index contributed by atoms with van der Waals surface area (Å²) >= 11 is 0. The minimum absolute atomic E-state index is 0. The van der Waals surface area contributed by atoms with Gasteiger partial charge in [-0.15, -0.1) is 29.3 Å². The second kappa shape index (κ2) is 16.6. The number of phenols is 1. The van der Waals surface area contributed by atoms with Gasteiger partial charge in [0.05, 0.1) is 27.8 Å². The Hall–Kier alpha value is -5.57. The van der Waals surface area contributed by atoms with Crippen molar-refractivity contribution in [2.45, 2.75) is 79.4 Å². The van der Waals surface area contributed by atoms with E-state index in [0.717, 1.165) is 5.56 Å². The predicted molar refractivity (Wildman–Crippen MR) is 243 cm³/mol. The molecule has 0 amide bonds. The molecule has 0 atom stereocenters. The Balaban J connectivity index is 0.00000741. The molecule has 0 aliphatic rings. The summed E-state index contributed by atoms with van der Waals surface area (Å²) in [6.07, 6.45) is 1.49. The number of phenolic OH excluding ortho intramolecular Hbond substituents is 1. The molecule has 0 saturated heterocycles. The van der Waals surface area contributed by atoms with Crippen molar-refractivity contribution in [2.75, 3.05) is 0 Å². The van der Waals surface area contributed by atoms with E-state index in [1.807, 2.05) is 54.6 Å². The number of aromatic nitrogens is 3. The molecule has 0 unspecified atom stereocenters. The summed E-state index contributed by atoms with van der Waals surface area (Å²) < 4.78 is 104. The van der Waals surface area contributed by atoms with Crippen LogP contribution >= 0.6 is 0 Å². The molecule has 0 aliphatic carbocycles. The van der Waals surface area contributed by atoms with E-state index < -0.39 is 60.6 Å². The summed E-state index contributed by atoms with van der Waals surface area (Å²) in [6, 6.07) is 31.5. The van der Waals surface area contributed by atoms with Gasteiger partial charge >= 0.3 is 0 Å². The third-order valence-electron chi connectivity index (χ3n) is 10.5. The van der Waals surface area contributed by atoms with Crippen LogP contribution in [0.4, 0.5) is 0 Å². The molecule has 8 rings (SSSR count). The van der Waals surface area contributed by atoms with Gasteiger partial charge in [0, 0.05) is 43.9 Å². The van der Waals surface area contributed by atoms with Gasteiger partial charge in [-0.05, 0) is 106 Å². The van der Waals surface area contributed by atoms with Crippen LogP contribution in [0.1, 0.15) is 105 Å². The van der Waals surface area contributed by atoms with Crippen molar-refractivity contribution in [2.24, 2.45) is 0 Å². The fourth-order valence-electron chi connectivity index (χ4n) is 7.16. The summed E-state index contributed by atoms with van der Waals surface area (Å²) in [7, 11) is 0. The van der Waals surface area contributed by atoms with Gasteiger partial charge in [0.25, 0.3) is 0 Å². The Bertz CT molecular complexity index is 3310. The third kappa shape index (κ3) is 8.34. The van der Waals surface area contributed by atoms with Crippen molar-refractivity contribution < 1.29 is 42.6 Å². The average Bonchev–Trinajstić information content (AvgIpc) is 3.66. The van der Waals surface area contributed by atoms with Crippen LogP contribution in [-0.4, -0.2) is 19.6 Å². The third-order valence-corrected chi connectivity index (χ3v) is 10.5. The van der Waals surface area contributed by atoms with Crippen molar-refractivity contribution in [3.63, 3.8) is 0 Å². The molecule has 0 saturated carbocycles. The van der Waals surface area contributed by atoms with Crippen LogP contribution in [0.2, 0.25) is 0 Å². The molecule has 59 heavy (non-hydrogen) atoms. The van der Waals surface area contributed by atoms with Crippen LogP contribution in [0.3, 0.4) is 0 Å². The van der Waals surface area contributed by atoms with E-state index in [9.17, 15) is 5.11 Å². The Morgan fingerprint density at radius 3 is 2.08 bits per heavy atom. The van der Waals surface area contributed by atoms with Crippen molar-refractivity contribution in [3.05, 3.63) is 167 Å². The number of imidazole rings is 1. The second-order valence-corrected chi connectivity index (χ2v) is 16.1. The number of benzene rings is 6. The molecule has 8 aromatic rings. The average molecular weight is 966 g/mol. The molecule has 4 nitrogen and oxygen atoms in total. The monoisotopic (exact) mass is 965 g/mol. The van der Waals surface area contributed by atoms with Crippen molar-refractivity contribution in [3.8, 4) is 67.5 Å². The van der Waals surface area contributed by atoms with Crippen LogP contribution in [0.15, 0.2) is 133 Å². The second-order valence-electron chi connectivity index (χ2n) is 16.1. The molecule has 1 N–H and O–H groups in total. The first kappa shape index (κ1) is 28.8. The number of para-hydroxylation sites is 2. The van der Waals surface area contributed by atoms with Crippen LogP contribution < -0.4 is 0 Å². The number of hydrogen-bond acceptors (Lipinski definition) is 3. The van der Waals surface area contributed by atoms with Crippen LogP contribution in [-0.2, 0) is 26.5 Å². The number of nitrogens with zero attached hydrogens (tertiary/aromatic N) is 3. The normalized spacial score (nSPS) is 15.4. The largest absolute Gasteiger partial charge is 0.507 e. The number of pyridine rings is 1. The maximum atomic E-state index is 11.4. The van der Waals surface area contributed by atoms with E-state index in [-0.39, 0.29) is 43.8 Å². The molecule has 0 fully saturated rings. The first-order valence-electron chi connectivity index (χ1n) is 25.2. The summed E-state index contributed by atoms with van der Waals surface area (Å²) in [5, 5.41) is 11.4. The van der Waals surface area contributed by atoms with E-state index in [1.54, 1.807) is 80.8 Å². The Morgan fingerprint density at radius 1 is 0.712 bits per heavy atom. The quantitative estimate of drug-likeness (QED) is 0.154. The first-order valence-corrected chi connectivity index (χ1v) is 19.2. The number of hydrogen-bond donors (Lipinski definition) is 1. The van der Waals surface area contributed by atoms with Crippen LogP contribution in [0, 0.1) is 19.8 Å². The molecule has 6 aromatic carbocycles. The maximum Gasteiger partial charge on any atom is 0.148 e. The number of aryl methyl sites for hydroxylation is 1. The number of fused-ring (bicyclic) bond motifs is 1. The Morgan fingerprint density at radius 2 is 1.41 bits per heavy atom. The standard InChI is InChI=1S/C54H52N3O.Pt/c1-33(2)40-26-41(34(3)4)28-42(27-40)38-21-22-49(36(6)25-38)57-50-15-12-14-46(52(50)56-53(57)47-13-10-11-16-51(47)58)43-29-44(31-45(30-43)54(7,8)9)48-32-39(23-24-55-48)37-19-17-35(5)18-20-37;/h10-28,30-34,58H,1-9H3;/q-1;/i5D3,6D3,17D,18D,19D,20D,33D,34D;. The summed E-state index contributed by atoms with van der Waals surface area (Å²) in [5.74, 6) is -1.79. The minimum Gasteiger partial charge on any atom is -0.507 e. The van der Waals surface area contributed by atoms with Gasteiger partial charge in [-0.1, -0.05) is 144 Å². The van der Waals surface area contributed by atoms with Gasteiger partial charge in [-0.25, -0.2) is 4.98 Å². The maximum absolute atomic E-state index is 11.4.